The third-order valence-corrected chi connectivity index (χ3v) is 4.82. The second kappa shape index (κ2) is 11.2. The van der Waals surface area contributed by atoms with Gasteiger partial charge in [0.2, 0.25) is 0 Å². The third-order valence-electron chi connectivity index (χ3n) is 3.97. The van der Waals surface area contributed by atoms with E-state index in [4.69, 9.17) is 14.2 Å². The molecule has 1 N–H and O–H groups in total. The van der Waals surface area contributed by atoms with E-state index in [1.807, 2.05) is 44.2 Å². The summed E-state index contributed by atoms with van der Waals surface area (Å²) in [6.45, 7) is 6.15. The van der Waals surface area contributed by atoms with Crippen LogP contribution in [0.15, 0.2) is 41.8 Å². The molecular formula is C21H26N2O5S. The molecule has 1 atom stereocenters. The van der Waals surface area contributed by atoms with Crippen LogP contribution in [0.2, 0.25) is 0 Å². The number of hydrogen-bond donors (Lipinski definition) is 1. The predicted molar refractivity (Wildman–Crippen MR) is 111 cm³/mol. The summed E-state index contributed by atoms with van der Waals surface area (Å²) in [5, 5.41) is 4.98. The van der Waals surface area contributed by atoms with E-state index in [2.05, 4.69) is 10.3 Å². The molecule has 2 rings (SSSR count). The first-order valence-electron chi connectivity index (χ1n) is 9.30. The van der Waals surface area contributed by atoms with Crippen molar-refractivity contribution in [2.75, 3.05) is 13.7 Å². The van der Waals surface area contributed by atoms with E-state index in [-0.39, 0.29) is 30.9 Å². The number of rotatable bonds is 9. The van der Waals surface area contributed by atoms with Gasteiger partial charge in [0.25, 0.3) is 0 Å². The molecule has 0 unspecified atom stereocenters. The molecule has 0 fully saturated rings. The summed E-state index contributed by atoms with van der Waals surface area (Å²) >= 11 is 1.27. The number of hydrogen-bond acceptors (Lipinski definition) is 7. The Balaban J connectivity index is 2.06. The van der Waals surface area contributed by atoms with E-state index >= 15 is 0 Å². The molecule has 1 amide bonds. The largest absolute Gasteiger partial charge is 0.494 e. The highest BCUT2D eigenvalue weighted by Gasteiger charge is 2.20. The molecule has 8 heteroatoms. The summed E-state index contributed by atoms with van der Waals surface area (Å²) in [7, 11) is 1.52. The molecule has 1 heterocycles. The number of carbonyl (C=O) groups is 2. The van der Waals surface area contributed by atoms with Gasteiger partial charge in [-0.25, -0.2) is 14.6 Å². The molecule has 0 aliphatic rings. The summed E-state index contributed by atoms with van der Waals surface area (Å²) in [5.74, 6) is 0.0648. The minimum atomic E-state index is -0.523. The fourth-order valence-electron chi connectivity index (χ4n) is 2.38. The van der Waals surface area contributed by atoms with Gasteiger partial charge in [0.15, 0.2) is 16.5 Å². The summed E-state index contributed by atoms with van der Waals surface area (Å²) in [6, 6.07) is 9.11. The maximum absolute atomic E-state index is 12.2. The summed E-state index contributed by atoms with van der Waals surface area (Å²) in [4.78, 5) is 28.3. The van der Waals surface area contributed by atoms with Crippen molar-refractivity contribution in [3.8, 4) is 0 Å². The highest BCUT2D eigenvalue weighted by atomic mass is 32.1. The molecule has 0 aliphatic carbocycles. The molecular weight excluding hydrogens is 392 g/mol. The lowest BCUT2D eigenvalue weighted by Gasteiger charge is -2.19. The Hall–Kier alpha value is -2.87. The van der Waals surface area contributed by atoms with E-state index in [0.717, 1.165) is 5.56 Å². The van der Waals surface area contributed by atoms with Crippen molar-refractivity contribution in [3.05, 3.63) is 58.1 Å². The zero-order valence-electron chi connectivity index (χ0n) is 17.0. The second-order valence-electron chi connectivity index (χ2n) is 6.47. The van der Waals surface area contributed by atoms with Gasteiger partial charge in [0, 0.05) is 5.38 Å². The molecule has 7 nitrogen and oxygen atoms in total. The van der Waals surface area contributed by atoms with Crippen molar-refractivity contribution in [3.63, 3.8) is 0 Å². The van der Waals surface area contributed by atoms with E-state index in [0.29, 0.717) is 10.8 Å². The molecule has 0 radical (unpaired) electrons. The van der Waals surface area contributed by atoms with E-state index in [1.54, 1.807) is 18.4 Å². The van der Waals surface area contributed by atoms with Crippen LogP contribution in [-0.2, 0) is 20.8 Å². The Kier molecular flexibility index (Phi) is 8.67. The number of carbonyl (C=O) groups excluding carboxylic acids is 2. The van der Waals surface area contributed by atoms with Crippen molar-refractivity contribution >= 4 is 29.2 Å². The van der Waals surface area contributed by atoms with Crippen molar-refractivity contribution in [2.24, 2.45) is 5.92 Å². The van der Waals surface area contributed by atoms with Gasteiger partial charge >= 0.3 is 12.1 Å². The smallest absolute Gasteiger partial charge is 0.407 e. The Morgan fingerprint density at radius 3 is 2.55 bits per heavy atom. The first-order chi connectivity index (χ1) is 13.9. The highest BCUT2D eigenvalue weighted by molar-refractivity contribution is 7.10. The lowest BCUT2D eigenvalue weighted by atomic mass is 10.0. The Labute approximate surface area is 174 Å². The fourth-order valence-corrected chi connectivity index (χ4v) is 3.17. The van der Waals surface area contributed by atoms with Crippen LogP contribution in [0, 0.1) is 5.92 Å². The van der Waals surface area contributed by atoms with Crippen LogP contribution in [0.1, 0.15) is 41.8 Å². The SMILES string of the molecule is CCOC(=O)c1csc(/C(=C/[C@@H](NC(=O)OCc2ccccc2)C(C)C)OC)n1. The fraction of sp³-hybridized carbons (Fsp3) is 0.381. The van der Waals surface area contributed by atoms with Crippen LogP contribution in [-0.4, -0.2) is 36.8 Å². The number of aromatic nitrogens is 1. The molecule has 0 saturated heterocycles. The summed E-state index contributed by atoms with van der Waals surface area (Å²) in [6.07, 6.45) is 1.24. The van der Waals surface area contributed by atoms with Gasteiger partial charge in [0.1, 0.15) is 6.61 Å². The normalized spacial score (nSPS) is 12.4. The van der Waals surface area contributed by atoms with Crippen LogP contribution in [0.25, 0.3) is 5.76 Å². The molecule has 2 aromatic rings. The minimum Gasteiger partial charge on any atom is -0.494 e. The third kappa shape index (κ3) is 6.90. The Morgan fingerprint density at radius 1 is 1.21 bits per heavy atom. The molecule has 29 heavy (non-hydrogen) atoms. The number of thiazole rings is 1. The minimum absolute atomic E-state index is 0.0777. The van der Waals surface area contributed by atoms with Crippen molar-refractivity contribution < 1.29 is 23.8 Å². The van der Waals surface area contributed by atoms with Gasteiger partial charge in [-0.05, 0) is 24.5 Å². The van der Waals surface area contributed by atoms with Crippen LogP contribution >= 0.6 is 11.3 Å². The van der Waals surface area contributed by atoms with E-state index < -0.39 is 12.1 Å². The molecule has 0 saturated carbocycles. The number of nitrogens with zero attached hydrogens (tertiary/aromatic N) is 1. The van der Waals surface area contributed by atoms with Crippen LogP contribution in [0.3, 0.4) is 0 Å². The lowest BCUT2D eigenvalue weighted by Crippen LogP contribution is -2.37. The maximum Gasteiger partial charge on any atom is 0.407 e. The monoisotopic (exact) mass is 418 g/mol. The second-order valence-corrected chi connectivity index (χ2v) is 7.33. The van der Waals surface area contributed by atoms with Crippen LogP contribution in [0.4, 0.5) is 4.79 Å². The maximum atomic E-state index is 12.2. The lowest BCUT2D eigenvalue weighted by molar-refractivity contribution is 0.0520. The van der Waals surface area contributed by atoms with Gasteiger partial charge in [0.05, 0.1) is 19.8 Å². The first kappa shape index (κ1) is 22.4. The highest BCUT2D eigenvalue weighted by Crippen LogP contribution is 2.22. The summed E-state index contributed by atoms with van der Waals surface area (Å²) < 4.78 is 15.7. The topological polar surface area (TPSA) is 86.8 Å². The molecule has 0 spiro atoms. The standard InChI is InChI=1S/C21H26N2O5S/c1-5-27-20(24)17-13-29-19(22-17)18(26-4)11-16(14(2)3)23-21(25)28-12-15-9-7-6-8-10-15/h6-11,13-14,16H,5,12H2,1-4H3,(H,23,25)/b18-11-/t16-/m1/s1. The van der Waals surface area contributed by atoms with Crippen molar-refractivity contribution in [2.45, 2.75) is 33.4 Å². The number of amides is 1. The average molecular weight is 419 g/mol. The molecule has 156 valence electrons. The van der Waals surface area contributed by atoms with Gasteiger partial charge in [-0.15, -0.1) is 11.3 Å². The van der Waals surface area contributed by atoms with Crippen molar-refractivity contribution in [1.29, 1.82) is 0 Å². The van der Waals surface area contributed by atoms with Crippen LogP contribution < -0.4 is 5.32 Å². The quantitative estimate of drug-likeness (QED) is 0.484. The average Bonchev–Trinajstić information content (AvgIpc) is 3.20. The number of methoxy groups -OCH3 is 1. The van der Waals surface area contributed by atoms with Crippen LogP contribution in [0.5, 0.6) is 0 Å². The summed E-state index contributed by atoms with van der Waals surface area (Å²) in [5.41, 5.74) is 1.14. The van der Waals surface area contributed by atoms with E-state index in [9.17, 15) is 9.59 Å². The number of esters is 1. The Bertz CT molecular complexity index is 833. The molecule has 1 aromatic carbocycles. The number of alkyl carbamates (subject to hydrolysis) is 1. The Morgan fingerprint density at radius 2 is 1.93 bits per heavy atom. The molecule has 1 aromatic heterocycles. The number of ether oxygens (including phenoxy) is 3. The van der Waals surface area contributed by atoms with Gasteiger partial charge in [-0.3, -0.25) is 0 Å². The van der Waals surface area contributed by atoms with Crippen molar-refractivity contribution in [1.82, 2.24) is 10.3 Å². The zero-order chi connectivity index (χ0) is 21.2. The molecule has 0 aliphatic heterocycles. The van der Waals surface area contributed by atoms with E-state index in [1.165, 1.54) is 18.4 Å². The van der Waals surface area contributed by atoms with Gasteiger partial charge in [-0.1, -0.05) is 44.2 Å². The number of benzene rings is 1. The number of nitrogens with one attached hydrogen (secondary N) is 1. The predicted octanol–water partition coefficient (Wildman–Crippen LogP) is 4.26. The zero-order valence-corrected chi connectivity index (χ0v) is 17.8. The van der Waals surface area contributed by atoms with Gasteiger partial charge in [-0.2, -0.15) is 0 Å². The van der Waals surface area contributed by atoms with Gasteiger partial charge < -0.3 is 19.5 Å². The first-order valence-corrected chi connectivity index (χ1v) is 10.2. The molecule has 0 bridgehead atoms.